The molecule has 0 saturated carbocycles. The van der Waals surface area contributed by atoms with Gasteiger partial charge in [0.2, 0.25) is 5.91 Å². The minimum Gasteiger partial charge on any atom is -0.496 e. The van der Waals surface area contributed by atoms with Crippen LogP contribution < -0.4 is 25.4 Å². The second kappa shape index (κ2) is 40.4. The van der Waals surface area contributed by atoms with Crippen LogP contribution in [0.1, 0.15) is 99.1 Å². The summed E-state index contributed by atoms with van der Waals surface area (Å²) in [5.74, 6) is -0.467. The summed E-state index contributed by atoms with van der Waals surface area (Å²) < 4.78 is 64.6. The summed E-state index contributed by atoms with van der Waals surface area (Å²) in [6.07, 6.45) is 0. The van der Waals surface area contributed by atoms with E-state index in [1.165, 1.54) is 0 Å². The van der Waals surface area contributed by atoms with Crippen LogP contribution in [0.25, 0.3) is 28.1 Å². The van der Waals surface area contributed by atoms with Crippen LogP contribution in [0.4, 0.5) is 10.5 Å². The number of anilines is 1. The molecule has 0 aliphatic carbocycles. The number of urea groups is 1. The van der Waals surface area contributed by atoms with Crippen LogP contribution in [0.2, 0.25) is 10.0 Å². The molecular weight excluding hydrogens is 1350 g/mol. The van der Waals surface area contributed by atoms with E-state index in [9.17, 15) is 28.8 Å². The van der Waals surface area contributed by atoms with E-state index < -0.39 is 28.4 Å². The lowest BCUT2D eigenvalue weighted by Gasteiger charge is -2.34. The molecule has 2 aliphatic rings. The summed E-state index contributed by atoms with van der Waals surface area (Å²) in [5, 5.41) is 14.3. The summed E-state index contributed by atoms with van der Waals surface area (Å²) in [7, 11) is 3.33. The Kier molecular flexibility index (Phi) is 33.3. The molecule has 4 aromatic rings. The number of amides is 4. The Hall–Kier alpha value is -6.73. The first-order chi connectivity index (χ1) is 47.7. The van der Waals surface area contributed by atoms with Crippen molar-refractivity contribution in [2.24, 2.45) is 0 Å². The highest BCUT2D eigenvalue weighted by atomic mass is 35.5. The Morgan fingerprint density at radius 1 is 0.525 bits per heavy atom. The number of methoxy groups -OCH3 is 1. The van der Waals surface area contributed by atoms with Crippen LogP contribution in [-0.2, 0) is 68.4 Å². The molecule has 0 bridgehead atoms. The molecule has 0 unspecified atom stereocenters. The Labute approximate surface area is 605 Å². The molecule has 29 heteroatoms. The van der Waals surface area contributed by atoms with Gasteiger partial charge in [0.05, 0.1) is 124 Å². The topological polar surface area (TPSA) is 274 Å². The van der Waals surface area contributed by atoms with Crippen LogP contribution >= 0.6 is 23.2 Å². The van der Waals surface area contributed by atoms with E-state index in [2.05, 4.69) is 16.0 Å². The number of benzene rings is 3. The van der Waals surface area contributed by atoms with Crippen LogP contribution in [0, 0.1) is 0 Å². The van der Waals surface area contributed by atoms with Gasteiger partial charge in [-0.15, -0.1) is 0 Å². The van der Waals surface area contributed by atoms with E-state index in [1.807, 2.05) is 127 Å². The number of esters is 3. The summed E-state index contributed by atoms with van der Waals surface area (Å²) in [6, 6.07) is 15.8. The molecule has 3 aromatic carbocycles. The van der Waals surface area contributed by atoms with Crippen molar-refractivity contribution < 1.29 is 80.9 Å². The third-order valence-electron chi connectivity index (χ3n) is 15.5. The molecular formula is C72H108Cl2N10O17. The standard InChI is InChI=1S/C72H108Cl2N10O17/c1-69(2,3)79(13)67(89)65-58-50-98-60-45-59(91-14)56(44-57(60)66(58)84(78-65)55-42-52(73)41-53(74)43-55)51-15-17-54(18-16-51)77-68(90)76-20-30-93-32-34-95-36-38-97-40-39-96-37-35-94-33-31-92-29-19-75-61(85)46-80-21-23-81(47-62(86)99-70(4,5)6)25-27-83(49-64(88)101-72(10,11)12)28-26-82(24-22-80)48-63(87)100-71(7,8)9/h15-18,41-45H,19-40,46-50H2,1-14H3,(H,75,85)(H2,76,77,90). The first-order valence-corrected chi connectivity index (χ1v) is 35.1. The molecule has 1 fully saturated rings. The SMILES string of the molecule is COc1cc2c(cc1-c1ccc(NC(=O)NCCOCCOCCOCCOCCOCCOCCNC(=O)CN3CCN(CC(=O)OC(C)(C)C)CCN(CC(=O)OC(C)(C)C)CCN(CC(=O)OC(C)(C)C)CC3)cc1)-c1c(c(C(=O)N(C)C(C)(C)C)nn1-c1cc(Cl)cc(Cl)c1)CO2. The van der Waals surface area contributed by atoms with Crippen molar-refractivity contribution in [2.45, 2.75) is 112 Å². The molecule has 1 aromatic heterocycles. The molecule has 6 rings (SSSR count). The average Bonchev–Trinajstić information content (AvgIpc) is 1.62. The maximum absolute atomic E-state index is 14.0. The Bertz CT molecular complexity index is 3250. The van der Waals surface area contributed by atoms with E-state index in [0.29, 0.717) is 175 Å². The van der Waals surface area contributed by atoms with Crippen molar-refractivity contribution in [3.8, 4) is 39.6 Å². The number of aromatic nitrogens is 2. The number of ether oxygens (including phenoxy) is 11. The lowest BCUT2D eigenvalue weighted by Crippen LogP contribution is -2.50. The smallest absolute Gasteiger partial charge is 0.320 e. The molecule has 0 spiro atoms. The minimum absolute atomic E-state index is 0.0303. The van der Waals surface area contributed by atoms with Gasteiger partial charge >= 0.3 is 23.9 Å². The van der Waals surface area contributed by atoms with Crippen molar-refractivity contribution in [1.29, 1.82) is 0 Å². The Morgan fingerprint density at radius 3 is 1.34 bits per heavy atom. The second-order valence-corrected chi connectivity index (χ2v) is 29.3. The molecule has 562 valence electrons. The molecule has 1 saturated heterocycles. The predicted molar refractivity (Wildman–Crippen MR) is 385 cm³/mol. The van der Waals surface area contributed by atoms with Gasteiger partial charge in [-0.2, -0.15) is 5.10 Å². The molecule has 3 N–H and O–H groups in total. The van der Waals surface area contributed by atoms with Gasteiger partial charge < -0.3 is 73.0 Å². The van der Waals surface area contributed by atoms with Crippen molar-refractivity contribution in [3.05, 3.63) is 75.9 Å². The van der Waals surface area contributed by atoms with Gasteiger partial charge in [0.25, 0.3) is 5.91 Å². The van der Waals surface area contributed by atoms with Gasteiger partial charge in [-0.3, -0.25) is 43.6 Å². The monoisotopic (exact) mass is 1450 g/mol. The molecule has 0 radical (unpaired) electrons. The van der Waals surface area contributed by atoms with Crippen molar-refractivity contribution >= 4 is 64.6 Å². The molecule has 2 aliphatic heterocycles. The van der Waals surface area contributed by atoms with Crippen LogP contribution in [-0.4, -0.2) is 277 Å². The zero-order chi connectivity index (χ0) is 73.9. The maximum Gasteiger partial charge on any atom is 0.320 e. The minimum atomic E-state index is -0.668. The summed E-state index contributed by atoms with van der Waals surface area (Å²) in [5.41, 5.74) is 2.41. The third kappa shape index (κ3) is 30.2. The summed E-state index contributed by atoms with van der Waals surface area (Å²) >= 11 is 13.0. The molecule has 0 atom stereocenters. The predicted octanol–water partition coefficient (Wildman–Crippen LogP) is 7.87. The van der Waals surface area contributed by atoms with Gasteiger partial charge in [-0.1, -0.05) is 35.3 Å². The lowest BCUT2D eigenvalue weighted by molar-refractivity contribution is -0.158. The quantitative estimate of drug-likeness (QED) is 0.0228. The highest BCUT2D eigenvalue weighted by Crippen LogP contribution is 2.47. The number of carbonyl (C=O) groups is 6. The summed E-state index contributed by atoms with van der Waals surface area (Å²) in [6.45, 7) is 30.8. The fourth-order valence-electron chi connectivity index (χ4n) is 10.5. The second-order valence-electron chi connectivity index (χ2n) is 28.4. The van der Waals surface area contributed by atoms with E-state index >= 15 is 0 Å². The van der Waals surface area contributed by atoms with Crippen molar-refractivity contribution in [2.75, 3.05) is 190 Å². The summed E-state index contributed by atoms with van der Waals surface area (Å²) in [4.78, 5) is 88.9. The highest BCUT2D eigenvalue weighted by Gasteiger charge is 2.36. The van der Waals surface area contributed by atoms with Gasteiger partial charge in [-0.05, 0) is 125 Å². The Balaban J connectivity index is 0.808. The van der Waals surface area contributed by atoms with Gasteiger partial charge in [-0.25, -0.2) is 9.48 Å². The molecule has 27 nitrogen and oxygen atoms in total. The number of rotatable bonds is 34. The van der Waals surface area contributed by atoms with Crippen LogP contribution in [0.5, 0.6) is 11.5 Å². The third-order valence-corrected chi connectivity index (χ3v) is 16.0. The number of halogens is 2. The van der Waals surface area contributed by atoms with Crippen molar-refractivity contribution in [1.82, 2.24) is 44.9 Å². The number of nitrogens with one attached hydrogen (secondary N) is 3. The largest absolute Gasteiger partial charge is 0.496 e. The van der Waals surface area contributed by atoms with Gasteiger partial charge in [0.1, 0.15) is 34.9 Å². The van der Waals surface area contributed by atoms with E-state index in [-0.39, 0.29) is 88.0 Å². The first kappa shape index (κ1) is 83.2. The normalized spacial score (nSPS) is 14.7. The highest BCUT2D eigenvalue weighted by molar-refractivity contribution is 6.34. The number of hydrogen-bond donors (Lipinski definition) is 3. The van der Waals surface area contributed by atoms with Crippen LogP contribution in [0.15, 0.2) is 54.6 Å². The van der Waals surface area contributed by atoms with E-state index in [4.69, 9.17) is 80.4 Å². The molecule has 4 amide bonds. The number of hydrogen-bond acceptors (Lipinski definition) is 22. The van der Waals surface area contributed by atoms with E-state index in [1.54, 1.807) is 54.1 Å². The number of fused-ring (bicyclic) bond motifs is 3. The fraction of sp³-hybridized carbons (Fsp3) is 0.625. The van der Waals surface area contributed by atoms with Crippen molar-refractivity contribution in [3.63, 3.8) is 0 Å². The van der Waals surface area contributed by atoms with Gasteiger partial charge in [0.15, 0.2) is 5.69 Å². The molecule has 3 heterocycles. The van der Waals surface area contributed by atoms with Crippen LogP contribution in [0.3, 0.4) is 0 Å². The number of nitrogens with zero attached hydrogens (tertiary/aromatic N) is 7. The zero-order valence-corrected chi connectivity index (χ0v) is 63.1. The molecule has 101 heavy (non-hydrogen) atoms. The van der Waals surface area contributed by atoms with Gasteiger partial charge in [0, 0.05) is 117 Å². The zero-order valence-electron chi connectivity index (χ0n) is 61.6. The number of carbonyl (C=O) groups excluding carboxylic acids is 6. The average molecular weight is 1460 g/mol. The fourth-order valence-corrected chi connectivity index (χ4v) is 11.0. The lowest BCUT2D eigenvalue weighted by atomic mass is 9.95. The Morgan fingerprint density at radius 2 is 0.931 bits per heavy atom. The maximum atomic E-state index is 14.0. The first-order valence-electron chi connectivity index (χ1n) is 34.4. The van der Waals surface area contributed by atoms with E-state index in [0.717, 1.165) is 11.1 Å².